The van der Waals surface area contributed by atoms with Crippen molar-refractivity contribution in [2.75, 3.05) is 13.7 Å². The molecule has 1 N–H and O–H groups in total. The Balaban J connectivity index is 1.74. The van der Waals surface area contributed by atoms with Gasteiger partial charge in [0.25, 0.3) is 5.91 Å². The maximum absolute atomic E-state index is 11.8. The predicted molar refractivity (Wildman–Crippen MR) is 67.9 cm³/mol. The van der Waals surface area contributed by atoms with E-state index in [1.165, 1.54) is 13.3 Å². The van der Waals surface area contributed by atoms with Crippen LogP contribution in [-0.4, -0.2) is 29.7 Å². The van der Waals surface area contributed by atoms with Gasteiger partial charge in [0.1, 0.15) is 6.26 Å². The molecule has 0 unspecified atom stereocenters. The predicted octanol–water partition coefficient (Wildman–Crippen LogP) is 1.44. The Hall–Kier alpha value is -2.37. The van der Waals surface area contributed by atoms with Gasteiger partial charge in [0, 0.05) is 24.4 Å². The van der Waals surface area contributed by atoms with Crippen molar-refractivity contribution in [3.8, 4) is 5.88 Å². The van der Waals surface area contributed by atoms with Crippen molar-refractivity contribution in [3.05, 3.63) is 41.9 Å². The molecule has 0 bridgehead atoms. The maximum atomic E-state index is 11.8. The fourth-order valence-corrected chi connectivity index (χ4v) is 1.58. The molecular formula is C13H15N3O3. The summed E-state index contributed by atoms with van der Waals surface area (Å²) in [7, 11) is 1.53. The van der Waals surface area contributed by atoms with Crippen molar-refractivity contribution in [1.29, 1.82) is 0 Å². The molecule has 100 valence electrons. The van der Waals surface area contributed by atoms with Crippen molar-refractivity contribution in [2.24, 2.45) is 0 Å². The average Bonchev–Trinajstić information content (AvgIpc) is 2.96. The van der Waals surface area contributed by atoms with Crippen LogP contribution < -0.4 is 10.1 Å². The zero-order valence-corrected chi connectivity index (χ0v) is 10.6. The van der Waals surface area contributed by atoms with Crippen molar-refractivity contribution in [2.45, 2.75) is 12.8 Å². The summed E-state index contributed by atoms with van der Waals surface area (Å²) < 4.78 is 9.66. The fourth-order valence-electron chi connectivity index (χ4n) is 1.58. The van der Waals surface area contributed by atoms with Gasteiger partial charge in [0.15, 0.2) is 0 Å². The van der Waals surface area contributed by atoms with Gasteiger partial charge in [-0.25, -0.2) is 4.98 Å². The quantitative estimate of drug-likeness (QED) is 0.796. The van der Waals surface area contributed by atoms with Gasteiger partial charge in [-0.3, -0.25) is 4.79 Å². The summed E-state index contributed by atoms with van der Waals surface area (Å²) >= 11 is 0. The van der Waals surface area contributed by atoms with E-state index in [0.29, 0.717) is 18.0 Å². The minimum Gasteiger partial charge on any atom is -0.481 e. The van der Waals surface area contributed by atoms with Gasteiger partial charge in [0.2, 0.25) is 5.88 Å². The number of carbonyl (C=O) groups is 1. The van der Waals surface area contributed by atoms with Crippen LogP contribution >= 0.6 is 0 Å². The van der Waals surface area contributed by atoms with Crippen molar-refractivity contribution >= 4 is 5.91 Å². The normalized spacial score (nSPS) is 10.2. The fraction of sp³-hybridized carbons (Fsp3) is 0.308. The van der Waals surface area contributed by atoms with Gasteiger partial charge >= 0.3 is 0 Å². The smallest absolute Gasteiger partial charge is 0.252 e. The Labute approximate surface area is 110 Å². The summed E-state index contributed by atoms with van der Waals surface area (Å²) in [6, 6.07) is 3.34. The second kappa shape index (κ2) is 6.53. The van der Waals surface area contributed by atoms with Gasteiger partial charge in [-0.2, -0.15) is 0 Å². The Kier molecular flexibility index (Phi) is 4.49. The number of aromatic nitrogens is 2. The van der Waals surface area contributed by atoms with E-state index < -0.39 is 0 Å². The molecule has 0 saturated carbocycles. The minimum atomic E-state index is -0.138. The van der Waals surface area contributed by atoms with E-state index in [4.69, 9.17) is 9.26 Å². The van der Waals surface area contributed by atoms with Crippen molar-refractivity contribution in [3.63, 3.8) is 0 Å². The molecule has 0 aliphatic heterocycles. The van der Waals surface area contributed by atoms with E-state index in [0.717, 1.165) is 18.4 Å². The molecule has 0 saturated heterocycles. The molecule has 0 aliphatic rings. The van der Waals surface area contributed by atoms with E-state index in [-0.39, 0.29) is 5.91 Å². The van der Waals surface area contributed by atoms with Crippen LogP contribution in [0.5, 0.6) is 5.88 Å². The monoisotopic (exact) mass is 261 g/mol. The van der Waals surface area contributed by atoms with Crippen LogP contribution in [0.1, 0.15) is 22.3 Å². The first kappa shape index (κ1) is 13.1. The van der Waals surface area contributed by atoms with E-state index >= 15 is 0 Å². The highest BCUT2D eigenvalue weighted by Crippen LogP contribution is 2.06. The Morgan fingerprint density at radius 2 is 2.32 bits per heavy atom. The lowest BCUT2D eigenvalue weighted by Gasteiger charge is -2.05. The molecule has 6 nitrogen and oxygen atoms in total. The number of hydrogen-bond acceptors (Lipinski definition) is 5. The maximum Gasteiger partial charge on any atom is 0.252 e. The summed E-state index contributed by atoms with van der Waals surface area (Å²) in [6.45, 7) is 0.593. The number of methoxy groups -OCH3 is 1. The van der Waals surface area contributed by atoms with E-state index in [1.807, 2.05) is 0 Å². The van der Waals surface area contributed by atoms with Crippen LogP contribution in [0.2, 0.25) is 0 Å². The van der Waals surface area contributed by atoms with Crippen LogP contribution in [0.4, 0.5) is 0 Å². The molecule has 6 heteroatoms. The number of nitrogens with one attached hydrogen (secondary N) is 1. The SMILES string of the molecule is COc1ccc(C(=O)NCCCc2cnoc2)cn1. The molecule has 0 radical (unpaired) electrons. The standard InChI is InChI=1S/C13H15N3O3/c1-18-12-5-4-11(8-15-12)13(17)14-6-2-3-10-7-16-19-9-10/h4-5,7-9H,2-3,6H2,1H3,(H,14,17). The Morgan fingerprint density at radius 3 is 2.95 bits per heavy atom. The number of carbonyl (C=O) groups excluding carboxylic acids is 1. The molecule has 1 amide bonds. The number of hydrogen-bond donors (Lipinski definition) is 1. The molecule has 0 fully saturated rings. The second-order valence-electron chi connectivity index (χ2n) is 3.98. The molecule has 2 heterocycles. The Morgan fingerprint density at radius 1 is 1.42 bits per heavy atom. The van der Waals surface area contributed by atoms with Crippen LogP contribution in [0, 0.1) is 0 Å². The third kappa shape index (κ3) is 3.80. The van der Waals surface area contributed by atoms with E-state index in [1.54, 1.807) is 24.6 Å². The first-order valence-corrected chi connectivity index (χ1v) is 5.96. The highest BCUT2D eigenvalue weighted by molar-refractivity contribution is 5.93. The van der Waals surface area contributed by atoms with Gasteiger partial charge < -0.3 is 14.6 Å². The lowest BCUT2D eigenvalue weighted by atomic mass is 10.2. The Bertz CT molecular complexity index is 508. The topological polar surface area (TPSA) is 77.2 Å². The summed E-state index contributed by atoms with van der Waals surface area (Å²) in [6.07, 6.45) is 6.43. The molecule has 0 spiro atoms. The molecule has 2 aromatic heterocycles. The van der Waals surface area contributed by atoms with E-state index in [2.05, 4.69) is 15.5 Å². The number of pyridine rings is 1. The van der Waals surface area contributed by atoms with Gasteiger partial charge in [-0.15, -0.1) is 0 Å². The molecule has 0 aromatic carbocycles. The zero-order chi connectivity index (χ0) is 13.5. The van der Waals surface area contributed by atoms with Crippen LogP contribution in [0.3, 0.4) is 0 Å². The molecule has 2 rings (SSSR count). The van der Waals surface area contributed by atoms with Crippen molar-refractivity contribution < 1.29 is 14.1 Å². The number of aryl methyl sites for hydroxylation is 1. The van der Waals surface area contributed by atoms with Gasteiger partial charge in [-0.1, -0.05) is 5.16 Å². The highest BCUT2D eigenvalue weighted by atomic mass is 16.5. The third-order valence-electron chi connectivity index (χ3n) is 2.62. The second-order valence-corrected chi connectivity index (χ2v) is 3.98. The first-order chi connectivity index (χ1) is 9.29. The number of rotatable bonds is 6. The lowest BCUT2D eigenvalue weighted by molar-refractivity contribution is 0.0953. The van der Waals surface area contributed by atoms with E-state index in [9.17, 15) is 4.79 Å². The average molecular weight is 261 g/mol. The minimum absolute atomic E-state index is 0.138. The summed E-state index contributed by atoms with van der Waals surface area (Å²) in [5, 5.41) is 6.45. The molecule has 2 aromatic rings. The lowest BCUT2D eigenvalue weighted by Crippen LogP contribution is -2.24. The van der Waals surface area contributed by atoms with Crippen LogP contribution in [-0.2, 0) is 6.42 Å². The third-order valence-corrected chi connectivity index (χ3v) is 2.62. The molecule has 0 aliphatic carbocycles. The van der Waals surface area contributed by atoms with Crippen molar-refractivity contribution in [1.82, 2.24) is 15.5 Å². The van der Waals surface area contributed by atoms with Gasteiger partial charge in [0.05, 0.1) is 18.9 Å². The number of ether oxygens (including phenoxy) is 1. The number of nitrogens with zero attached hydrogens (tertiary/aromatic N) is 2. The largest absolute Gasteiger partial charge is 0.481 e. The summed E-state index contributed by atoms with van der Waals surface area (Å²) in [5.41, 5.74) is 1.55. The number of amides is 1. The first-order valence-electron chi connectivity index (χ1n) is 5.96. The molecule has 0 atom stereocenters. The zero-order valence-electron chi connectivity index (χ0n) is 10.6. The van der Waals surface area contributed by atoms with Crippen LogP contribution in [0.25, 0.3) is 0 Å². The highest BCUT2D eigenvalue weighted by Gasteiger charge is 2.05. The summed E-state index contributed by atoms with van der Waals surface area (Å²) in [4.78, 5) is 15.8. The summed E-state index contributed by atoms with van der Waals surface area (Å²) in [5.74, 6) is 0.351. The molecule has 19 heavy (non-hydrogen) atoms. The van der Waals surface area contributed by atoms with Gasteiger partial charge in [-0.05, 0) is 18.9 Å². The van der Waals surface area contributed by atoms with Crippen LogP contribution in [0.15, 0.2) is 35.3 Å². The molecular weight excluding hydrogens is 246 g/mol.